The third kappa shape index (κ3) is 2.45. The normalized spacial score (nSPS) is 12.6. The number of nitrogens with one attached hydrogen (secondary N) is 1. The predicted molar refractivity (Wildman–Crippen MR) is 94.0 cm³/mol. The van der Waals surface area contributed by atoms with Crippen LogP contribution in [0.5, 0.6) is 5.75 Å². The van der Waals surface area contributed by atoms with Crippen molar-refractivity contribution in [1.82, 2.24) is 9.97 Å². The lowest BCUT2D eigenvalue weighted by molar-refractivity contribution is 0.442. The van der Waals surface area contributed by atoms with Crippen LogP contribution in [0.4, 0.5) is 0 Å². The van der Waals surface area contributed by atoms with Gasteiger partial charge in [-0.05, 0) is 36.8 Å². The number of hydrogen-bond acceptors (Lipinski definition) is 4. The van der Waals surface area contributed by atoms with Gasteiger partial charge >= 0.3 is 0 Å². The first-order valence-electron chi connectivity index (χ1n) is 7.70. The van der Waals surface area contributed by atoms with Crippen LogP contribution in [0.15, 0.2) is 53.8 Å². The number of nitriles is 2. The van der Waals surface area contributed by atoms with E-state index in [0.717, 1.165) is 22.2 Å². The van der Waals surface area contributed by atoms with E-state index >= 15 is 0 Å². The summed E-state index contributed by atoms with van der Waals surface area (Å²) in [7, 11) is 0. The maximum atomic E-state index is 9.32. The molecule has 5 nitrogen and oxygen atoms in total. The molecule has 118 valence electrons. The smallest absolute Gasteiger partial charge is 0.172 e. The van der Waals surface area contributed by atoms with E-state index in [-0.39, 0.29) is 11.3 Å². The zero-order valence-electron chi connectivity index (χ0n) is 13.4. The van der Waals surface area contributed by atoms with Crippen molar-refractivity contribution < 1.29 is 4.74 Å². The maximum absolute atomic E-state index is 9.32. The van der Waals surface area contributed by atoms with Gasteiger partial charge in [-0.15, -0.1) is 0 Å². The molecule has 1 aliphatic heterocycles. The second-order valence-electron chi connectivity index (χ2n) is 5.73. The fourth-order valence-electron chi connectivity index (χ4n) is 2.80. The second kappa shape index (κ2) is 5.67. The van der Waals surface area contributed by atoms with Crippen LogP contribution in [0.3, 0.4) is 0 Å². The van der Waals surface area contributed by atoms with Crippen molar-refractivity contribution in [3.63, 3.8) is 0 Å². The van der Waals surface area contributed by atoms with E-state index in [4.69, 9.17) is 4.74 Å². The summed E-state index contributed by atoms with van der Waals surface area (Å²) in [5.41, 5.74) is 4.10. The Morgan fingerprint density at radius 2 is 1.92 bits per heavy atom. The second-order valence-corrected chi connectivity index (χ2v) is 5.73. The summed E-state index contributed by atoms with van der Waals surface area (Å²) in [6, 6.07) is 17.3. The standard InChI is InChI=1S/C20H12N4O/c1-12-6-7-13-9-15(19(14(10-21)11-22)25-18(13)8-12)20-23-16-4-2-3-5-17(16)24-20/h2-9H,1H3,(H,23,24). The van der Waals surface area contributed by atoms with E-state index in [1.807, 2.05) is 67.6 Å². The fraction of sp³-hybridized carbons (Fsp3) is 0.0500. The summed E-state index contributed by atoms with van der Waals surface area (Å²) in [4.78, 5) is 7.80. The number of allylic oxidation sites excluding steroid dienone is 2. The third-order valence-corrected chi connectivity index (χ3v) is 4.02. The Balaban J connectivity index is 1.98. The third-order valence-electron chi connectivity index (χ3n) is 4.02. The zero-order valence-corrected chi connectivity index (χ0v) is 13.4. The Bertz CT molecular complexity index is 1100. The Kier molecular flexibility index (Phi) is 3.34. The largest absolute Gasteiger partial charge is 0.454 e. The van der Waals surface area contributed by atoms with Gasteiger partial charge < -0.3 is 9.72 Å². The number of para-hydroxylation sites is 2. The molecule has 1 aliphatic rings. The van der Waals surface area contributed by atoms with Gasteiger partial charge in [-0.1, -0.05) is 24.3 Å². The predicted octanol–water partition coefficient (Wildman–Crippen LogP) is 4.11. The van der Waals surface area contributed by atoms with E-state index in [1.54, 1.807) is 0 Å². The molecule has 5 heteroatoms. The molecule has 0 unspecified atom stereocenters. The van der Waals surface area contributed by atoms with Crippen LogP contribution in [-0.2, 0) is 0 Å². The molecule has 2 aromatic carbocycles. The van der Waals surface area contributed by atoms with Crippen LogP contribution in [0, 0.1) is 29.6 Å². The van der Waals surface area contributed by atoms with Crippen LogP contribution in [0.2, 0.25) is 0 Å². The number of ether oxygens (including phenoxy) is 1. The molecule has 1 aromatic heterocycles. The molecule has 0 amide bonds. The number of nitrogens with zero attached hydrogens (tertiary/aromatic N) is 3. The summed E-state index contributed by atoms with van der Waals surface area (Å²) in [5, 5.41) is 18.6. The van der Waals surface area contributed by atoms with Crippen molar-refractivity contribution in [2.24, 2.45) is 0 Å². The molecule has 0 saturated carbocycles. The van der Waals surface area contributed by atoms with Crippen LogP contribution >= 0.6 is 0 Å². The molecule has 2 heterocycles. The molecule has 0 aliphatic carbocycles. The summed E-state index contributed by atoms with van der Waals surface area (Å²) < 4.78 is 5.93. The van der Waals surface area contributed by atoms with Gasteiger partial charge in [0.15, 0.2) is 11.3 Å². The number of imidazole rings is 1. The van der Waals surface area contributed by atoms with Gasteiger partial charge in [0.2, 0.25) is 0 Å². The van der Waals surface area contributed by atoms with Gasteiger partial charge in [-0.2, -0.15) is 10.5 Å². The molecule has 0 bridgehead atoms. The van der Waals surface area contributed by atoms with Gasteiger partial charge in [0.1, 0.15) is 23.7 Å². The molecule has 1 N–H and O–H groups in total. The van der Waals surface area contributed by atoms with E-state index in [2.05, 4.69) is 9.97 Å². The van der Waals surface area contributed by atoms with Crippen molar-refractivity contribution in [2.45, 2.75) is 6.92 Å². The summed E-state index contributed by atoms with van der Waals surface area (Å²) >= 11 is 0. The number of H-pyrrole nitrogens is 1. The Hall–Kier alpha value is -3.83. The first-order chi connectivity index (χ1) is 12.2. The molecule has 0 saturated heterocycles. The van der Waals surface area contributed by atoms with Gasteiger partial charge in [-0.25, -0.2) is 4.98 Å². The molecule has 25 heavy (non-hydrogen) atoms. The van der Waals surface area contributed by atoms with Crippen molar-refractivity contribution >= 4 is 22.7 Å². The van der Waals surface area contributed by atoms with Gasteiger partial charge in [-0.3, -0.25) is 0 Å². The topological polar surface area (TPSA) is 85.5 Å². The lowest BCUT2D eigenvalue weighted by Crippen LogP contribution is -2.08. The van der Waals surface area contributed by atoms with Crippen LogP contribution < -0.4 is 4.74 Å². The van der Waals surface area contributed by atoms with Crippen LogP contribution in [0.25, 0.3) is 22.7 Å². The van der Waals surface area contributed by atoms with Crippen molar-refractivity contribution in [3.8, 4) is 17.9 Å². The summed E-state index contributed by atoms with van der Waals surface area (Å²) in [5.74, 6) is 1.41. The number of fused-ring (bicyclic) bond motifs is 2. The number of aromatic amines is 1. The van der Waals surface area contributed by atoms with Crippen molar-refractivity contribution in [2.75, 3.05) is 0 Å². The van der Waals surface area contributed by atoms with Crippen molar-refractivity contribution in [3.05, 3.63) is 70.7 Å². The Morgan fingerprint density at radius 3 is 2.68 bits per heavy atom. The highest BCUT2D eigenvalue weighted by Crippen LogP contribution is 2.38. The van der Waals surface area contributed by atoms with E-state index < -0.39 is 0 Å². The molecule has 3 aromatic rings. The zero-order chi connectivity index (χ0) is 17.4. The monoisotopic (exact) mass is 324 g/mol. The molecule has 0 atom stereocenters. The van der Waals surface area contributed by atoms with Crippen molar-refractivity contribution in [1.29, 1.82) is 10.5 Å². The number of aromatic nitrogens is 2. The first kappa shape index (κ1) is 14.7. The molecule has 0 fully saturated rings. The lowest BCUT2D eigenvalue weighted by Gasteiger charge is -2.20. The van der Waals surface area contributed by atoms with Gasteiger partial charge in [0, 0.05) is 5.56 Å². The maximum Gasteiger partial charge on any atom is 0.172 e. The van der Waals surface area contributed by atoms with E-state index in [0.29, 0.717) is 17.1 Å². The van der Waals surface area contributed by atoms with Gasteiger partial charge in [0.05, 0.1) is 16.6 Å². The van der Waals surface area contributed by atoms with Gasteiger partial charge in [0.25, 0.3) is 0 Å². The minimum Gasteiger partial charge on any atom is -0.454 e. The van der Waals surface area contributed by atoms with E-state index in [9.17, 15) is 10.5 Å². The number of benzene rings is 2. The number of hydrogen-bond donors (Lipinski definition) is 1. The molecule has 0 spiro atoms. The summed E-state index contributed by atoms with van der Waals surface area (Å²) in [6.45, 7) is 1.96. The molecule has 4 rings (SSSR count). The van der Waals surface area contributed by atoms with E-state index in [1.165, 1.54) is 0 Å². The highest BCUT2D eigenvalue weighted by atomic mass is 16.5. The molecular weight excluding hydrogens is 312 g/mol. The Labute approximate surface area is 144 Å². The average molecular weight is 324 g/mol. The molecular formula is C20H12N4O. The minimum atomic E-state index is -0.0844. The number of rotatable bonds is 1. The SMILES string of the molecule is Cc1ccc2c(c1)OC(=C(C#N)C#N)C(c1nc3ccccc3[nH]1)=C2. The summed E-state index contributed by atoms with van der Waals surface area (Å²) in [6.07, 6.45) is 1.89. The quantitative estimate of drug-likeness (QED) is 0.683. The lowest BCUT2D eigenvalue weighted by atomic mass is 10.0. The highest BCUT2D eigenvalue weighted by Gasteiger charge is 2.25. The minimum absolute atomic E-state index is 0.0844. The van der Waals surface area contributed by atoms with Crippen LogP contribution in [-0.4, -0.2) is 9.97 Å². The highest BCUT2D eigenvalue weighted by molar-refractivity contribution is 5.94. The fourth-order valence-corrected chi connectivity index (χ4v) is 2.80. The average Bonchev–Trinajstić information content (AvgIpc) is 3.06. The Morgan fingerprint density at radius 1 is 1.12 bits per heavy atom. The molecule has 0 radical (unpaired) electrons. The number of aryl methyl sites for hydroxylation is 1. The van der Waals surface area contributed by atoms with Crippen LogP contribution in [0.1, 0.15) is 17.0 Å². The first-order valence-corrected chi connectivity index (χ1v) is 7.70.